The third kappa shape index (κ3) is 6.39. The topological polar surface area (TPSA) is 206 Å². The maximum atomic E-state index is 12.6. The van der Waals surface area contributed by atoms with Crippen LogP contribution in [0.3, 0.4) is 0 Å². The highest BCUT2D eigenvalue weighted by Crippen LogP contribution is 2.23. The Morgan fingerprint density at radius 3 is 2.72 bits per heavy atom. The summed E-state index contributed by atoms with van der Waals surface area (Å²) in [6, 6.07) is -2.51. The number of carbonyl (C=O) groups excluding carboxylic acids is 3. The molecule has 0 aliphatic carbocycles. The molecule has 162 valence electrons. The van der Waals surface area contributed by atoms with Gasteiger partial charge in [0.25, 0.3) is 0 Å². The molecule has 1 unspecified atom stereocenters. The van der Waals surface area contributed by atoms with Crippen LogP contribution in [0, 0.1) is 0 Å². The minimum absolute atomic E-state index is 0.00792. The Morgan fingerprint density at radius 2 is 2.07 bits per heavy atom. The fraction of sp³-hybridized carbons (Fsp3) is 0.706. The second-order valence-corrected chi connectivity index (χ2v) is 7.10. The molecule has 29 heavy (non-hydrogen) atoms. The number of aromatic nitrogens is 2. The van der Waals surface area contributed by atoms with Crippen molar-refractivity contribution in [1.29, 1.82) is 0 Å². The summed E-state index contributed by atoms with van der Waals surface area (Å²) in [6.45, 7) is 0.939. The number of unbranched alkanes of at least 4 members (excludes halogenated alkanes) is 1. The monoisotopic (exact) mass is 412 g/mol. The van der Waals surface area contributed by atoms with Crippen molar-refractivity contribution in [3.8, 4) is 0 Å². The summed E-state index contributed by atoms with van der Waals surface area (Å²) in [5.41, 5.74) is 16.8. The molecule has 0 radical (unpaired) electrons. The molecule has 1 fully saturated rings. The summed E-state index contributed by atoms with van der Waals surface area (Å²) in [6.07, 6.45) is 3.52. The van der Waals surface area contributed by atoms with Gasteiger partial charge in [0.1, 0.15) is 6.04 Å². The fourth-order valence-corrected chi connectivity index (χ4v) is 3.24. The van der Waals surface area contributed by atoms with Gasteiger partial charge >= 0.3 is 12.0 Å². The summed E-state index contributed by atoms with van der Waals surface area (Å²) in [4.78, 5) is 40.9. The Kier molecular flexibility index (Phi) is 8.34. The van der Waals surface area contributed by atoms with Crippen LogP contribution in [0.4, 0.5) is 4.79 Å². The van der Waals surface area contributed by atoms with Crippen molar-refractivity contribution in [1.82, 2.24) is 20.4 Å². The second kappa shape index (κ2) is 10.7. The number of nitrogens with zero attached hydrogens (tertiary/aromatic N) is 3. The number of nitrogens with one attached hydrogen (secondary N) is 1. The van der Waals surface area contributed by atoms with Gasteiger partial charge in [-0.15, -0.1) is 0 Å². The van der Waals surface area contributed by atoms with E-state index in [4.69, 9.17) is 26.8 Å². The van der Waals surface area contributed by atoms with Gasteiger partial charge in [0.15, 0.2) is 11.9 Å². The molecule has 0 bridgehead atoms. The van der Waals surface area contributed by atoms with Crippen molar-refractivity contribution in [2.24, 2.45) is 17.2 Å². The molecular formula is C17H30N7O5+. The zero-order valence-corrected chi connectivity index (χ0v) is 16.3. The van der Waals surface area contributed by atoms with E-state index in [0.29, 0.717) is 38.2 Å². The molecule has 12 heteroatoms. The van der Waals surface area contributed by atoms with E-state index in [-0.39, 0.29) is 18.7 Å². The summed E-state index contributed by atoms with van der Waals surface area (Å²) in [5, 5.41) is 13.9. The molecular weight excluding hydrogens is 382 g/mol. The highest BCUT2D eigenvalue weighted by atomic mass is 16.5. The Bertz CT molecular complexity index is 710. The number of urea groups is 1. The minimum atomic E-state index is -0.810. The lowest BCUT2D eigenvalue weighted by atomic mass is 10.1. The van der Waals surface area contributed by atoms with Crippen LogP contribution in [0.15, 0.2) is 4.52 Å². The van der Waals surface area contributed by atoms with Crippen molar-refractivity contribution in [3.05, 3.63) is 11.7 Å². The van der Waals surface area contributed by atoms with Gasteiger partial charge in [-0.1, -0.05) is 11.6 Å². The van der Waals surface area contributed by atoms with E-state index in [0.717, 1.165) is 12.8 Å². The van der Waals surface area contributed by atoms with Crippen molar-refractivity contribution in [2.75, 3.05) is 13.1 Å². The van der Waals surface area contributed by atoms with Gasteiger partial charge in [-0.05, 0) is 38.6 Å². The second-order valence-electron chi connectivity index (χ2n) is 7.10. The first-order valence-electron chi connectivity index (χ1n) is 9.73. The van der Waals surface area contributed by atoms with E-state index in [9.17, 15) is 14.4 Å². The van der Waals surface area contributed by atoms with Crippen LogP contribution in [0.1, 0.15) is 68.7 Å². The van der Waals surface area contributed by atoms with Crippen LogP contribution in [0.5, 0.6) is 0 Å². The molecule has 0 spiro atoms. The number of primary amides is 1. The van der Waals surface area contributed by atoms with E-state index in [1.165, 1.54) is 4.90 Å². The van der Waals surface area contributed by atoms with E-state index in [1.807, 2.05) is 0 Å². The van der Waals surface area contributed by atoms with Gasteiger partial charge in [-0.3, -0.25) is 4.79 Å². The lowest BCUT2D eigenvalue weighted by molar-refractivity contribution is -0.141. The van der Waals surface area contributed by atoms with Crippen LogP contribution in [-0.2, 0) is 9.59 Å². The zero-order chi connectivity index (χ0) is 21.4. The van der Waals surface area contributed by atoms with E-state index in [1.54, 1.807) is 0 Å². The molecule has 1 aliphatic rings. The number of nitrogens with two attached hydrogens (primary N) is 3. The van der Waals surface area contributed by atoms with Crippen molar-refractivity contribution >= 4 is 17.9 Å². The van der Waals surface area contributed by atoms with Crippen LogP contribution in [0.2, 0.25) is 0 Å². The van der Waals surface area contributed by atoms with Gasteiger partial charge in [-0.2, -0.15) is 4.98 Å². The SMILES string of the molecule is NCCCC[C@H](N)c1noc([C@H](CCC(N)=O)NC(=O)N2CCCC2C(=O)[OH2+])n1. The van der Waals surface area contributed by atoms with Crippen LogP contribution < -0.4 is 22.5 Å². The van der Waals surface area contributed by atoms with Gasteiger partial charge in [0.05, 0.1) is 6.04 Å². The van der Waals surface area contributed by atoms with Crippen LogP contribution in [-0.4, -0.2) is 57.2 Å². The third-order valence-corrected chi connectivity index (χ3v) is 4.85. The van der Waals surface area contributed by atoms with E-state index >= 15 is 0 Å². The first kappa shape index (κ1) is 22.6. The molecule has 0 saturated carbocycles. The Hall–Kier alpha value is -2.73. The largest absolute Gasteiger partial charge is 0.563 e. The number of hydrogen-bond acceptors (Lipinski definition) is 8. The first-order chi connectivity index (χ1) is 13.8. The lowest BCUT2D eigenvalue weighted by Gasteiger charge is -2.22. The molecule has 1 aromatic rings. The first-order valence-corrected chi connectivity index (χ1v) is 9.73. The number of hydrogen-bond donors (Lipinski definition) is 4. The highest BCUT2D eigenvalue weighted by Gasteiger charge is 2.39. The summed E-state index contributed by atoms with van der Waals surface area (Å²) in [7, 11) is 0. The summed E-state index contributed by atoms with van der Waals surface area (Å²) >= 11 is 0. The standard InChI is InChI=1S/C17H29N7O5/c18-8-2-1-4-10(19)14-22-15(29-23-14)11(6-7-13(20)25)21-17(28)24-9-3-5-12(24)16(26)27/h10-12H,1-9,18-19H2,(H2,20,25)(H,21,28)(H,26,27)/p+1/t10-,11-,12?/m0/s1. The van der Waals surface area contributed by atoms with Gasteiger partial charge in [0.2, 0.25) is 11.8 Å². The molecule has 0 aromatic carbocycles. The highest BCUT2D eigenvalue weighted by molar-refractivity contribution is 5.83. The van der Waals surface area contributed by atoms with Gasteiger partial charge in [0, 0.05) is 17.8 Å². The quantitative estimate of drug-likeness (QED) is 0.259. The number of amides is 3. The summed E-state index contributed by atoms with van der Waals surface area (Å²) < 4.78 is 5.27. The Labute approximate surface area is 168 Å². The number of rotatable bonds is 11. The average Bonchev–Trinajstić information content (AvgIpc) is 3.34. The molecule has 3 amide bonds. The molecule has 1 aliphatic heterocycles. The van der Waals surface area contributed by atoms with Crippen molar-refractivity contribution < 1.29 is 24.0 Å². The molecule has 12 nitrogen and oxygen atoms in total. The maximum Gasteiger partial charge on any atom is 0.538 e. The predicted octanol–water partition coefficient (Wildman–Crippen LogP) is -1.07. The van der Waals surface area contributed by atoms with E-state index in [2.05, 4.69) is 15.5 Å². The van der Waals surface area contributed by atoms with Crippen LogP contribution in [0.25, 0.3) is 0 Å². The van der Waals surface area contributed by atoms with E-state index < -0.39 is 36.0 Å². The maximum absolute atomic E-state index is 12.6. The van der Waals surface area contributed by atoms with Crippen LogP contribution >= 0.6 is 0 Å². The fourth-order valence-electron chi connectivity index (χ4n) is 3.24. The Morgan fingerprint density at radius 1 is 1.31 bits per heavy atom. The smallest absolute Gasteiger partial charge is 0.538 e. The minimum Gasteiger partial charge on any atom is -0.563 e. The number of carbonyl (C=O) groups is 3. The predicted molar refractivity (Wildman–Crippen MR) is 102 cm³/mol. The number of likely N-dealkylation sites (tertiary alicyclic amines) is 1. The Balaban J connectivity index is 2.08. The third-order valence-electron chi connectivity index (χ3n) is 4.85. The molecule has 1 saturated heterocycles. The molecule has 1 aromatic heterocycles. The molecule has 2 rings (SSSR count). The van der Waals surface area contributed by atoms with Crippen molar-refractivity contribution in [2.45, 2.75) is 63.1 Å². The molecule has 9 N–H and O–H groups in total. The average molecular weight is 412 g/mol. The zero-order valence-electron chi connectivity index (χ0n) is 16.3. The normalized spacial score (nSPS) is 18.4. The van der Waals surface area contributed by atoms with Gasteiger partial charge < -0.3 is 37.0 Å². The molecule has 3 atom stereocenters. The molecule has 2 heterocycles. The van der Waals surface area contributed by atoms with Crippen molar-refractivity contribution in [3.63, 3.8) is 0 Å². The lowest BCUT2D eigenvalue weighted by Crippen LogP contribution is -2.47. The summed E-state index contributed by atoms with van der Waals surface area (Å²) in [5.74, 6) is -0.940. The van der Waals surface area contributed by atoms with Gasteiger partial charge in [-0.25, -0.2) is 4.79 Å².